The van der Waals surface area contributed by atoms with Crippen LogP contribution in [0.3, 0.4) is 0 Å². The van der Waals surface area contributed by atoms with Crippen LogP contribution in [0.5, 0.6) is 28.7 Å². The summed E-state index contributed by atoms with van der Waals surface area (Å²) in [4.78, 5) is 28.4. The summed E-state index contributed by atoms with van der Waals surface area (Å²) >= 11 is 0. The number of aliphatic hydroxyl groups is 1. The molecule has 1 unspecified atom stereocenters. The first-order valence-corrected chi connectivity index (χ1v) is 12.5. The number of aryl methyl sites for hydroxylation is 1. The van der Waals surface area contributed by atoms with Crippen LogP contribution in [0.4, 0.5) is 5.69 Å². The maximum absolute atomic E-state index is 13.5. The fraction of sp³-hybridized carbons (Fsp3) is 0.267. The molecule has 0 aromatic heterocycles. The number of carbonyl (C=O) groups excluding carboxylic acids is 2. The molecule has 1 fully saturated rings. The number of carbonyl (C=O) groups is 2. The van der Waals surface area contributed by atoms with Crippen LogP contribution >= 0.6 is 0 Å². The summed E-state index contributed by atoms with van der Waals surface area (Å²) in [5.41, 5.74) is 2.10. The molecule has 0 aliphatic carbocycles. The van der Waals surface area contributed by atoms with Crippen LogP contribution in [0.25, 0.3) is 5.76 Å². The highest BCUT2D eigenvalue weighted by molar-refractivity contribution is 6.51. The van der Waals surface area contributed by atoms with Gasteiger partial charge in [-0.1, -0.05) is 13.0 Å². The molecule has 5 rings (SSSR count). The van der Waals surface area contributed by atoms with E-state index in [1.165, 1.54) is 19.1 Å². The number of hydrogen-bond acceptors (Lipinski definition) is 8. The zero-order valence-electron chi connectivity index (χ0n) is 22.1. The maximum atomic E-state index is 13.5. The van der Waals surface area contributed by atoms with Crippen molar-refractivity contribution in [2.24, 2.45) is 0 Å². The highest BCUT2D eigenvalue weighted by Crippen LogP contribution is 2.46. The van der Waals surface area contributed by atoms with E-state index in [4.69, 9.17) is 23.7 Å². The van der Waals surface area contributed by atoms with Gasteiger partial charge in [0.05, 0.1) is 32.4 Å². The third kappa shape index (κ3) is 4.60. The molecule has 0 spiro atoms. The first kappa shape index (κ1) is 26.0. The Labute approximate surface area is 226 Å². The summed E-state index contributed by atoms with van der Waals surface area (Å²) in [5, 5.41) is 11.5. The molecule has 1 atom stereocenters. The molecule has 3 aromatic carbocycles. The van der Waals surface area contributed by atoms with E-state index in [1.807, 2.05) is 13.8 Å². The number of Topliss-reactive ketones (excluding diaryl/α,β-unsaturated/α-hetero) is 1. The Bertz CT molecular complexity index is 1480. The van der Waals surface area contributed by atoms with Gasteiger partial charge in [0, 0.05) is 17.3 Å². The van der Waals surface area contributed by atoms with Crippen LogP contribution in [0.15, 0.2) is 60.2 Å². The number of ketones is 1. The Morgan fingerprint density at radius 2 is 1.69 bits per heavy atom. The fourth-order valence-corrected chi connectivity index (χ4v) is 4.80. The lowest BCUT2D eigenvalue weighted by Crippen LogP contribution is -2.29. The van der Waals surface area contributed by atoms with Crippen molar-refractivity contribution in [2.75, 3.05) is 32.5 Å². The van der Waals surface area contributed by atoms with Crippen molar-refractivity contribution in [3.05, 3.63) is 76.9 Å². The minimum absolute atomic E-state index is 0.0495. The van der Waals surface area contributed by atoms with E-state index in [-0.39, 0.29) is 18.1 Å². The van der Waals surface area contributed by atoms with Crippen molar-refractivity contribution in [3.8, 4) is 28.7 Å². The Kier molecular flexibility index (Phi) is 7.06. The molecule has 9 nitrogen and oxygen atoms in total. The smallest absolute Gasteiger partial charge is 0.300 e. The molecule has 0 bridgehead atoms. The van der Waals surface area contributed by atoms with Crippen LogP contribution < -0.4 is 28.6 Å². The van der Waals surface area contributed by atoms with E-state index >= 15 is 0 Å². The molecule has 1 amide bonds. The fourth-order valence-electron chi connectivity index (χ4n) is 4.80. The third-order valence-electron chi connectivity index (χ3n) is 6.71. The first-order chi connectivity index (χ1) is 18.9. The van der Waals surface area contributed by atoms with Crippen molar-refractivity contribution in [1.82, 2.24) is 0 Å². The van der Waals surface area contributed by atoms with Crippen molar-refractivity contribution < 1.29 is 38.4 Å². The Morgan fingerprint density at radius 3 is 2.41 bits per heavy atom. The summed E-state index contributed by atoms with van der Waals surface area (Å²) in [7, 11) is 3.02. The molecular formula is C30H29NO8. The number of hydrogen-bond donors (Lipinski definition) is 1. The van der Waals surface area contributed by atoms with E-state index in [2.05, 4.69) is 0 Å². The lowest BCUT2D eigenvalue weighted by Gasteiger charge is -2.26. The summed E-state index contributed by atoms with van der Waals surface area (Å²) in [5.74, 6) is 0.702. The van der Waals surface area contributed by atoms with Gasteiger partial charge in [0.15, 0.2) is 23.0 Å². The van der Waals surface area contributed by atoms with E-state index in [9.17, 15) is 14.7 Å². The number of aliphatic hydroxyl groups excluding tert-OH is 1. The standard InChI is InChI=1S/C30H29NO8/c1-5-12-37-21-9-7-19(13-17(21)2)28(32)26-27(18-6-10-22(35-3)24(14-18)36-4)31(30(34)29(26)33)20-8-11-23-25(15-20)39-16-38-23/h6-11,13-15,27,32H,5,12,16H2,1-4H3/b28-26+. The van der Waals surface area contributed by atoms with Crippen molar-refractivity contribution in [3.63, 3.8) is 0 Å². The number of ether oxygens (including phenoxy) is 5. The van der Waals surface area contributed by atoms with E-state index in [1.54, 1.807) is 54.6 Å². The van der Waals surface area contributed by atoms with E-state index in [0.29, 0.717) is 52.2 Å². The van der Waals surface area contributed by atoms with Gasteiger partial charge in [0.1, 0.15) is 11.5 Å². The number of nitrogens with zero attached hydrogens (tertiary/aromatic N) is 1. The van der Waals surface area contributed by atoms with Gasteiger partial charge in [-0.25, -0.2) is 0 Å². The summed E-state index contributed by atoms with van der Waals surface area (Å²) in [6, 6.07) is 14.3. The van der Waals surface area contributed by atoms with E-state index in [0.717, 1.165) is 12.0 Å². The molecule has 9 heteroatoms. The summed E-state index contributed by atoms with van der Waals surface area (Å²) < 4.78 is 27.5. The van der Waals surface area contributed by atoms with Gasteiger partial charge in [-0.15, -0.1) is 0 Å². The molecule has 39 heavy (non-hydrogen) atoms. The predicted molar refractivity (Wildman–Crippen MR) is 144 cm³/mol. The second-order valence-corrected chi connectivity index (χ2v) is 9.15. The second-order valence-electron chi connectivity index (χ2n) is 9.15. The van der Waals surface area contributed by atoms with Gasteiger partial charge in [-0.2, -0.15) is 0 Å². The number of fused-ring (bicyclic) bond motifs is 1. The van der Waals surface area contributed by atoms with Crippen LogP contribution in [-0.2, 0) is 9.59 Å². The zero-order chi connectivity index (χ0) is 27.7. The van der Waals surface area contributed by atoms with Gasteiger partial charge in [0.2, 0.25) is 6.79 Å². The molecule has 0 saturated carbocycles. The number of benzene rings is 3. The first-order valence-electron chi connectivity index (χ1n) is 12.5. The topological polar surface area (TPSA) is 104 Å². The lowest BCUT2D eigenvalue weighted by molar-refractivity contribution is -0.132. The molecular weight excluding hydrogens is 502 g/mol. The van der Waals surface area contributed by atoms with Crippen LogP contribution in [0, 0.1) is 6.92 Å². The maximum Gasteiger partial charge on any atom is 0.300 e. The molecule has 3 aromatic rings. The summed E-state index contributed by atoms with van der Waals surface area (Å²) in [6.07, 6.45) is 0.857. The lowest BCUT2D eigenvalue weighted by atomic mass is 9.94. The highest BCUT2D eigenvalue weighted by Gasteiger charge is 2.47. The quantitative estimate of drug-likeness (QED) is 0.242. The monoisotopic (exact) mass is 531 g/mol. The van der Waals surface area contributed by atoms with Crippen molar-refractivity contribution in [2.45, 2.75) is 26.3 Å². The molecule has 0 radical (unpaired) electrons. The highest BCUT2D eigenvalue weighted by atomic mass is 16.7. The van der Waals surface area contributed by atoms with E-state index < -0.39 is 17.7 Å². The van der Waals surface area contributed by atoms with Crippen molar-refractivity contribution >= 4 is 23.1 Å². The predicted octanol–water partition coefficient (Wildman–Crippen LogP) is 5.16. The molecule has 1 N–H and O–H groups in total. The number of methoxy groups -OCH3 is 2. The van der Waals surface area contributed by atoms with Crippen LogP contribution in [0.2, 0.25) is 0 Å². The number of amides is 1. The second kappa shape index (κ2) is 10.6. The van der Waals surface area contributed by atoms with Gasteiger partial charge in [-0.3, -0.25) is 14.5 Å². The van der Waals surface area contributed by atoms with Gasteiger partial charge >= 0.3 is 0 Å². The Balaban J connectivity index is 1.68. The van der Waals surface area contributed by atoms with Crippen molar-refractivity contribution in [1.29, 1.82) is 0 Å². The average Bonchev–Trinajstić information content (AvgIpc) is 3.53. The largest absolute Gasteiger partial charge is 0.507 e. The minimum Gasteiger partial charge on any atom is -0.507 e. The third-order valence-corrected chi connectivity index (χ3v) is 6.71. The number of rotatable bonds is 8. The summed E-state index contributed by atoms with van der Waals surface area (Å²) in [6.45, 7) is 4.50. The molecule has 2 aliphatic heterocycles. The van der Waals surface area contributed by atoms with Gasteiger partial charge in [0.25, 0.3) is 11.7 Å². The molecule has 1 saturated heterocycles. The molecule has 202 valence electrons. The zero-order valence-corrected chi connectivity index (χ0v) is 22.1. The minimum atomic E-state index is -0.957. The van der Waals surface area contributed by atoms with Gasteiger partial charge < -0.3 is 28.8 Å². The molecule has 2 heterocycles. The Hall–Kier alpha value is -4.66. The number of anilines is 1. The molecule has 2 aliphatic rings. The Morgan fingerprint density at radius 1 is 0.949 bits per heavy atom. The normalized spacial score (nSPS) is 17.4. The van der Waals surface area contributed by atoms with Gasteiger partial charge in [-0.05, 0) is 66.9 Å². The van der Waals surface area contributed by atoms with Crippen LogP contribution in [-0.4, -0.2) is 44.4 Å². The average molecular weight is 532 g/mol. The van der Waals surface area contributed by atoms with Crippen LogP contribution in [0.1, 0.15) is 36.1 Å². The SMILES string of the molecule is CCCOc1ccc(/C(O)=C2\C(=O)C(=O)N(c3ccc4c(c3)OCO4)C2c2ccc(OC)c(OC)c2)cc1C.